The summed E-state index contributed by atoms with van der Waals surface area (Å²) in [6, 6.07) is 10.9. The van der Waals surface area contributed by atoms with Crippen molar-refractivity contribution < 1.29 is 9.13 Å². The van der Waals surface area contributed by atoms with Gasteiger partial charge in [0.1, 0.15) is 11.6 Å². The molecule has 0 amide bonds. The maximum Gasteiger partial charge on any atom is 0.126 e. The molecule has 110 valence electrons. The van der Waals surface area contributed by atoms with Crippen LogP contribution in [-0.2, 0) is 5.41 Å². The van der Waals surface area contributed by atoms with E-state index in [4.69, 9.17) is 10.5 Å². The predicted molar refractivity (Wildman–Crippen MR) is 82.1 cm³/mol. The van der Waals surface area contributed by atoms with Gasteiger partial charge in [-0.05, 0) is 41.8 Å². The Morgan fingerprint density at radius 2 is 1.81 bits per heavy atom. The van der Waals surface area contributed by atoms with Gasteiger partial charge in [0, 0.05) is 11.0 Å². The SMILES string of the molecule is Cc1cc(C(N)c2ccc3c(c2)C(C)(C)CO3)ccc1F. The minimum Gasteiger partial charge on any atom is -0.492 e. The third kappa shape index (κ3) is 2.42. The highest BCUT2D eigenvalue weighted by Crippen LogP contribution is 2.40. The van der Waals surface area contributed by atoms with Gasteiger partial charge in [-0.3, -0.25) is 0 Å². The number of aryl methyl sites for hydroxylation is 1. The molecule has 1 atom stereocenters. The first-order chi connectivity index (χ1) is 9.88. The molecule has 0 spiro atoms. The maximum atomic E-state index is 13.4. The molecular weight excluding hydrogens is 265 g/mol. The molecule has 0 saturated heterocycles. The Morgan fingerprint density at radius 3 is 2.52 bits per heavy atom. The summed E-state index contributed by atoms with van der Waals surface area (Å²) in [6.07, 6.45) is 0. The van der Waals surface area contributed by atoms with Crippen LogP contribution < -0.4 is 10.5 Å². The zero-order chi connectivity index (χ0) is 15.2. The molecule has 1 aliphatic heterocycles. The van der Waals surface area contributed by atoms with Crippen molar-refractivity contribution >= 4 is 0 Å². The van der Waals surface area contributed by atoms with Gasteiger partial charge < -0.3 is 10.5 Å². The van der Waals surface area contributed by atoms with Gasteiger partial charge in [-0.15, -0.1) is 0 Å². The zero-order valence-electron chi connectivity index (χ0n) is 12.6. The molecule has 2 nitrogen and oxygen atoms in total. The van der Waals surface area contributed by atoms with Gasteiger partial charge in [-0.25, -0.2) is 4.39 Å². The van der Waals surface area contributed by atoms with Crippen molar-refractivity contribution in [3.63, 3.8) is 0 Å². The van der Waals surface area contributed by atoms with Crippen LogP contribution in [0.5, 0.6) is 5.75 Å². The number of rotatable bonds is 2. The van der Waals surface area contributed by atoms with Gasteiger partial charge in [0.15, 0.2) is 0 Å². The van der Waals surface area contributed by atoms with Crippen molar-refractivity contribution in [1.82, 2.24) is 0 Å². The highest BCUT2D eigenvalue weighted by molar-refractivity contribution is 5.47. The van der Waals surface area contributed by atoms with E-state index in [0.717, 1.165) is 16.9 Å². The van der Waals surface area contributed by atoms with E-state index in [2.05, 4.69) is 19.9 Å². The standard InChI is InChI=1S/C18H20FNO/c1-11-8-12(4-6-15(11)19)17(20)13-5-7-16-14(9-13)18(2,3)10-21-16/h4-9,17H,10,20H2,1-3H3. The van der Waals surface area contributed by atoms with Gasteiger partial charge >= 0.3 is 0 Å². The van der Waals surface area contributed by atoms with Gasteiger partial charge in [0.25, 0.3) is 0 Å². The minimum absolute atomic E-state index is 0.00375. The molecule has 1 unspecified atom stereocenters. The van der Waals surface area contributed by atoms with E-state index < -0.39 is 0 Å². The Balaban J connectivity index is 1.99. The molecule has 0 radical (unpaired) electrons. The number of hydrogen-bond acceptors (Lipinski definition) is 2. The fourth-order valence-electron chi connectivity index (χ4n) is 2.79. The van der Waals surface area contributed by atoms with E-state index in [1.165, 1.54) is 11.6 Å². The maximum absolute atomic E-state index is 13.4. The van der Waals surface area contributed by atoms with Crippen molar-refractivity contribution in [1.29, 1.82) is 0 Å². The van der Waals surface area contributed by atoms with Crippen LogP contribution in [0.3, 0.4) is 0 Å². The Bertz CT molecular complexity index is 694. The molecule has 0 aromatic heterocycles. The normalized spacial score (nSPS) is 17.2. The average molecular weight is 285 g/mol. The Labute approximate surface area is 124 Å². The average Bonchev–Trinajstić information content (AvgIpc) is 2.76. The van der Waals surface area contributed by atoms with E-state index in [1.54, 1.807) is 13.0 Å². The quantitative estimate of drug-likeness (QED) is 0.909. The second-order valence-electron chi connectivity index (χ2n) is 6.41. The van der Waals surface area contributed by atoms with E-state index in [9.17, 15) is 4.39 Å². The first kappa shape index (κ1) is 14.1. The molecular formula is C18H20FNO. The first-order valence-corrected chi connectivity index (χ1v) is 7.17. The summed E-state index contributed by atoms with van der Waals surface area (Å²) < 4.78 is 19.1. The second-order valence-corrected chi connectivity index (χ2v) is 6.41. The van der Waals surface area contributed by atoms with Crippen molar-refractivity contribution in [2.24, 2.45) is 5.73 Å². The number of benzene rings is 2. The highest BCUT2D eigenvalue weighted by Gasteiger charge is 2.32. The summed E-state index contributed by atoms with van der Waals surface area (Å²) in [7, 11) is 0. The molecule has 3 heteroatoms. The smallest absolute Gasteiger partial charge is 0.126 e. The van der Waals surface area contributed by atoms with Crippen LogP contribution in [0.15, 0.2) is 36.4 Å². The molecule has 1 aliphatic rings. The van der Waals surface area contributed by atoms with Crippen molar-refractivity contribution in [3.05, 3.63) is 64.5 Å². The molecule has 1 heterocycles. The lowest BCUT2D eigenvalue weighted by Gasteiger charge is -2.18. The van der Waals surface area contributed by atoms with Gasteiger partial charge in [-0.1, -0.05) is 32.0 Å². The molecule has 0 saturated carbocycles. The summed E-state index contributed by atoms with van der Waals surface area (Å²) >= 11 is 0. The molecule has 2 aromatic rings. The summed E-state index contributed by atoms with van der Waals surface area (Å²) in [5.74, 6) is 0.737. The van der Waals surface area contributed by atoms with Crippen molar-refractivity contribution in [3.8, 4) is 5.75 Å². The molecule has 3 rings (SSSR count). The van der Waals surface area contributed by atoms with E-state index in [-0.39, 0.29) is 17.3 Å². The summed E-state index contributed by atoms with van der Waals surface area (Å²) in [6.45, 7) is 6.77. The van der Waals surface area contributed by atoms with Crippen LogP contribution in [0.1, 0.15) is 42.1 Å². The van der Waals surface area contributed by atoms with Gasteiger partial charge in [-0.2, -0.15) is 0 Å². The Kier molecular flexibility index (Phi) is 3.25. The third-order valence-corrected chi connectivity index (χ3v) is 4.22. The number of halogens is 1. The zero-order valence-corrected chi connectivity index (χ0v) is 12.6. The van der Waals surface area contributed by atoms with Crippen LogP contribution in [0, 0.1) is 12.7 Å². The molecule has 21 heavy (non-hydrogen) atoms. The van der Waals surface area contributed by atoms with E-state index >= 15 is 0 Å². The van der Waals surface area contributed by atoms with Gasteiger partial charge in [0.2, 0.25) is 0 Å². The Hall–Kier alpha value is -1.87. The fraction of sp³-hybridized carbons (Fsp3) is 0.333. The number of ether oxygens (including phenoxy) is 1. The molecule has 0 bridgehead atoms. The molecule has 0 fully saturated rings. The van der Waals surface area contributed by atoms with Crippen molar-refractivity contribution in [2.75, 3.05) is 6.61 Å². The van der Waals surface area contributed by atoms with E-state index in [1.807, 2.05) is 18.2 Å². The lowest BCUT2D eigenvalue weighted by atomic mass is 9.85. The largest absolute Gasteiger partial charge is 0.492 e. The third-order valence-electron chi connectivity index (χ3n) is 4.22. The molecule has 2 N–H and O–H groups in total. The van der Waals surface area contributed by atoms with Crippen molar-refractivity contribution in [2.45, 2.75) is 32.2 Å². The van der Waals surface area contributed by atoms with Crippen LogP contribution >= 0.6 is 0 Å². The molecule has 0 aliphatic carbocycles. The van der Waals surface area contributed by atoms with Crippen LogP contribution in [-0.4, -0.2) is 6.61 Å². The fourth-order valence-corrected chi connectivity index (χ4v) is 2.79. The number of fused-ring (bicyclic) bond motifs is 1. The topological polar surface area (TPSA) is 35.2 Å². The summed E-state index contributed by atoms with van der Waals surface area (Å²) in [5, 5.41) is 0. The monoisotopic (exact) mass is 285 g/mol. The lowest BCUT2D eigenvalue weighted by Crippen LogP contribution is -2.19. The Morgan fingerprint density at radius 1 is 1.14 bits per heavy atom. The van der Waals surface area contributed by atoms with Crippen LogP contribution in [0.4, 0.5) is 4.39 Å². The van der Waals surface area contributed by atoms with Gasteiger partial charge in [0.05, 0.1) is 12.6 Å². The van der Waals surface area contributed by atoms with Crippen LogP contribution in [0.25, 0.3) is 0 Å². The predicted octanol–water partition coefficient (Wildman–Crippen LogP) is 3.85. The minimum atomic E-state index is -0.258. The summed E-state index contributed by atoms with van der Waals surface area (Å²) in [5.41, 5.74) is 10.1. The highest BCUT2D eigenvalue weighted by atomic mass is 19.1. The van der Waals surface area contributed by atoms with Crippen LogP contribution in [0.2, 0.25) is 0 Å². The van der Waals surface area contributed by atoms with E-state index in [0.29, 0.717) is 12.2 Å². The number of nitrogens with two attached hydrogens (primary N) is 1. The first-order valence-electron chi connectivity index (χ1n) is 7.17. The number of hydrogen-bond donors (Lipinski definition) is 1. The second kappa shape index (κ2) is 4.85. The summed E-state index contributed by atoms with van der Waals surface area (Å²) in [4.78, 5) is 0. The lowest BCUT2D eigenvalue weighted by molar-refractivity contribution is 0.291. The molecule has 2 aromatic carbocycles.